The van der Waals surface area contributed by atoms with Gasteiger partial charge >= 0.3 is 0 Å². The molecule has 1 aliphatic heterocycles. The number of hydrogen-bond acceptors (Lipinski definition) is 3. The highest BCUT2D eigenvalue weighted by Gasteiger charge is 2.62. The Hall–Kier alpha value is -1.45. The molecule has 1 aliphatic carbocycles. The van der Waals surface area contributed by atoms with Crippen molar-refractivity contribution in [1.29, 1.82) is 0 Å². The van der Waals surface area contributed by atoms with Crippen molar-refractivity contribution in [1.82, 2.24) is 14.9 Å². The Balaban J connectivity index is 1.71. The number of fused-ring (bicyclic) bond motifs is 1. The van der Waals surface area contributed by atoms with E-state index < -0.39 is 0 Å². The third-order valence-electron chi connectivity index (χ3n) is 4.41. The molecule has 0 aromatic carbocycles. The molecule has 4 nitrogen and oxygen atoms in total. The molecule has 2 unspecified atom stereocenters. The highest BCUT2D eigenvalue weighted by Crippen LogP contribution is 2.61. The monoisotopic (exact) mass is 231 g/mol. The third-order valence-corrected chi connectivity index (χ3v) is 4.41. The summed E-state index contributed by atoms with van der Waals surface area (Å²) in [5.74, 6) is 1.40. The number of carbonyl (C=O) groups is 1. The Morgan fingerprint density at radius 1 is 1.29 bits per heavy atom. The molecule has 1 aromatic heterocycles. The molecule has 2 atom stereocenters. The van der Waals surface area contributed by atoms with Crippen molar-refractivity contribution in [3.05, 3.63) is 23.8 Å². The van der Waals surface area contributed by atoms with Gasteiger partial charge in [0, 0.05) is 19.3 Å². The third kappa shape index (κ3) is 1.54. The average Bonchev–Trinajstić information content (AvgIpc) is 2.70. The Labute approximate surface area is 101 Å². The van der Waals surface area contributed by atoms with Crippen molar-refractivity contribution >= 4 is 5.91 Å². The summed E-state index contributed by atoms with van der Waals surface area (Å²) in [7, 11) is 0. The maximum Gasteiger partial charge on any atom is 0.274 e. The van der Waals surface area contributed by atoms with Crippen molar-refractivity contribution < 1.29 is 4.79 Å². The van der Waals surface area contributed by atoms with Crippen LogP contribution in [0, 0.1) is 24.2 Å². The first-order valence-corrected chi connectivity index (χ1v) is 6.08. The van der Waals surface area contributed by atoms with Crippen LogP contribution in [-0.2, 0) is 0 Å². The lowest BCUT2D eigenvalue weighted by molar-refractivity contribution is 0.0751. The summed E-state index contributed by atoms with van der Waals surface area (Å²) in [4.78, 5) is 22.3. The second-order valence-electron chi connectivity index (χ2n) is 5.79. The second kappa shape index (κ2) is 3.28. The quantitative estimate of drug-likeness (QED) is 0.736. The van der Waals surface area contributed by atoms with Gasteiger partial charge in [0.15, 0.2) is 0 Å². The molecule has 2 fully saturated rings. The molecule has 2 heterocycles. The van der Waals surface area contributed by atoms with Crippen molar-refractivity contribution in [2.75, 3.05) is 13.1 Å². The van der Waals surface area contributed by atoms with E-state index in [9.17, 15) is 4.79 Å². The smallest absolute Gasteiger partial charge is 0.274 e. The van der Waals surface area contributed by atoms with E-state index in [0.717, 1.165) is 18.8 Å². The predicted octanol–water partition coefficient (Wildman–Crippen LogP) is 1.51. The number of hydrogen-bond donors (Lipinski definition) is 0. The summed E-state index contributed by atoms with van der Waals surface area (Å²) in [5, 5.41) is 0. The van der Waals surface area contributed by atoms with Crippen molar-refractivity contribution in [3.63, 3.8) is 0 Å². The number of amides is 1. The minimum atomic E-state index is 0.0282. The van der Waals surface area contributed by atoms with E-state index in [4.69, 9.17) is 0 Å². The van der Waals surface area contributed by atoms with E-state index in [2.05, 4.69) is 23.8 Å². The zero-order chi connectivity index (χ0) is 12.2. The van der Waals surface area contributed by atoms with E-state index in [1.165, 1.54) is 0 Å². The first kappa shape index (κ1) is 10.7. The Morgan fingerprint density at radius 3 is 2.47 bits per heavy atom. The largest absolute Gasteiger partial charge is 0.337 e. The summed E-state index contributed by atoms with van der Waals surface area (Å²) >= 11 is 0. The van der Waals surface area contributed by atoms with E-state index in [-0.39, 0.29) is 5.91 Å². The fraction of sp³-hybridized carbons (Fsp3) is 0.615. The van der Waals surface area contributed by atoms with Crippen molar-refractivity contribution in [2.24, 2.45) is 17.3 Å². The minimum Gasteiger partial charge on any atom is -0.337 e. The number of piperidine rings is 1. The number of likely N-dealkylation sites (tertiary alicyclic amines) is 1. The first-order valence-electron chi connectivity index (χ1n) is 6.08. The first-order chi connectivity index (χ1) is 8.00. The lowest BCUT2D eigenvalue weighted by Crippen LogP contribution is -2.33. The van der Waals surface area contributed by atoms with E-state index >= 15 is 0 Å². The van der Waals surface area contributed by atoms with Crippen LogP contribution in [0.2, 0.25) is 0 Å². The van der Waals surface area contributed by atoms with Crippen LogP contribution in [0.1, 0.15) is 30.0 Å². The molecular formula is C13H17N3O. The van der Waals surface area contributed by atoms with Gasteiger partial charge in [-0.1, -0.05) is 13.8 Å². The molecule has 90 valence electrons. The lowest BCUT2D eigenvalue weighted by Gasteiger charge is -2.21. The molecule has 0 radical (unpaired) electrons. The second-order valence-corrected chi connectivity index (χ2v) is 5.79. The van der Waals surface area contributed by atoms with E-state index in [0.29, 0.717) is 22.9 Å². The van der Waals surface area contributed by atoms with Crippen LogP contribution in [0.5, 0.6) is 0 Å². The molecule has 4 heteroatoms. The van der Waals surface area contributed by atoms with Crippen LogP contribution in [0.15, 0.2) is 12.4 Å². The van der Waals surface area contributed by atoms with E-state index in [1.54, 1.807) is 12.4 Å². The molecule has 1 saturated heterocycles. The van der Waals surface area contributed by atoms with Crippen LogP contribution >= 0.6 is 0 Å². The van der Waals surface area contributed by atoms with Gasteiger partial charge in [0.1, 0.15) is 5.69 Å². The van der Waals surface area contributed by atoms with Crippen molar-refractivity contribution in [3.8, 4) is 0 Å². The molecular weight excluding hydrogens is 214 g/mol. The van der Waals surface area contributed by atoms with Crippen LogP contribution in [0.4, 0.5) is 0 Å². The molecule has 3 rings (SSSR count). The summed E-state index contributed by atoms with van der Waals surface area (Å²) in [6, 6.07) is 0. The minimum absolute atomic E-state index is 0.0282. The van der Waals surface area contributed by atoms with Gasteiger partial charge in [0.05, 0.1) is 11.9 Å². The number of aromatic nitrogens is 2. The Kier molecular flexibility index (Phi) is 2.06. The highest BCUT2D eigenvalue weighted by atomic mass is 16.2. The van der Waals surface area contributed by atoms with Gasteiger partial charge in [0.2, 0.25) is 0 Å². The molecule has 1 saturated carbocycles. The Bertz CT molecular complexity index is 452. The fourth-order valence-corrected chi connectivity index (χ4v) is 2.96. The van der Waals surface area contributed by atoms with Crippen LogP contribution in [-0.4, -0.2) is 33.9 Å². The standard InChI is InChI=1S/C13H17N3O/c1-8-4-15-11(5-14-8)12(17)16-6-9-10(7-16)13(9,2)3/h4-5,9-10H,6-7H2,1-3H3. The molecule has 1 amide bonds. The summed E-state index contributed by atoms with van der Waals surface area (Å²) < 4.78 is 0. The Morgan fingerprint density at radius 2 is 1.94 bits per heavy atom. The van der Waals surface area contributed by atoms with Gasteiger partial charge in [-0.15, -0.1) is 0 Å². The molecule has 17 heavy (non-hydrogen) atoms. The maximum absolute atomic E-state index is 12.2. The highest BCUT2D eigenvalue weighted by molar-refractivity contribution is 5.92. The average molecular weight is 231 g/mol. The zero-order valence-corrected chi connectivity index (χ0v) is 10.5. The summed E-state index contributed by atoms with van der Waals surface area (Å²) in [6.45, 7) is 8.21. The van der Waals surface area contributed by atoms with Gasteiger partial charge in [0.25, 0.3) is 5.91 Å². The van der Waals surface area contributed by atoms with Gasteiger partial charge in [-0.2, -0.15) is 0 Å². The number of aryl methyl sites for hydroxylation is 1. The number of carbonyl (C=O) groups excluding carboxylic acids is 1. The number of nitrogens with zero attached hydrogens (tertiary/aromatic N) is 3. The van der Waals surface area contributed by atoms with Gasteiger partial charge in [-0.3, -0.25) is 9.78 Å². The summed E-state index contributed by atoms with van der Waals surface area (Å²) in [5.41, 5.74) is 1.75. The van der Waals surface area contributed by atoms with Crippen molar-refractivity contribution in [2.45, 2.75) is 20.8 Å². The van der Waals surface area contributed by atoms with E-state index in [1.807, 2.05) is 11.8 Å². The molecule has 0 spiro atoms. The summed E-state index contributed by atoms with van der Waals surface area (Å²) in [6.07, 6.45) is 3.22. The van der Waals surface area contributed by atoms with Gasteiger partial charge < -0.3 is 4.90 Å². The maximum atomic E-state index is 12.2. The molecule has 0 N–H and O–H groups in total. The fourth-order valence-electron chi connectivity index (χ4n) is 2.96. The number of rotatable bonds is 1. The topological polar surface area (TPSA) is 46.1 Å². The molecule has 2 aliphatic rings. The van der Waals surface area contributed by atoms with Crippen LogP contribution < -0.4 is 0 Å². The van der Waals surface area contributed by atoms with Gasteiger partial charge in [-0.05, 0) is 24.2 Å². The SMILES string of the molecule is Cc1cnc(C(=O)N2CC3C(C2)C3(C)C)cn1. The molecule has 1 aromatic rings. The normalized spacial score (nSPS) is 29.0. The van der Waals surface area contributed by atoms with Gasteiger partial charge in [-0.25, -0.2) is 4.98 Å². The van der Waals surface area contributed by atoms with Crippen LogP contribution in [0.25, 0.3) is 0 Å². The van der Waals surface area contributed by atoms with Crippen LogP contribution in [0.3, 0.4) is 0 Å². The molecule has 0 bridgehead atoms. The zero-order valence-electron chi connectivity index (χ0n) is 10.5. The predicted molar refractivity (Wildman–Crippen MR) is 63.4 cm³/mol. The lowest BCUT2D eigenvalue weighted by atomic mass is 10.1.